The van der Waals surface area contributed by atoms with Crippen LogP contribution in [0.15, 0.2) is 51.8 Å². The largest absolute Gasteiger partial charge is 0.326 e. The van der Waals surface area contributed by atoms with E-state index in [0.29, 0.717) is 16.3 Å². The van der Waals surface area contributed by atoms with Crippen molar-refractivity contribution in [2.24, 2.45) is 5.73 Å². The van der Waals surface area contributed by atoms with E-state index in [0.717, 1.165) is 4.47 Å². The molecule has 7 heteroatoms. The number of benzene rings is 2. The van der Waals surface area contributed by atoms with Crippen molar-refractivity contribution in [1.29, 1.82) is 0 Å². The predicted octanol–water partition coefficient (Wildman–Crippen LogP) is 3.36. The Bertz CT molecular complexity index is 718. The van der Waals surface area contributed by atoms with Crippen LogP contribution >= 0.6 is 27.5 Å². The van der Waals surface area contributed by atoms with Gasteiger partial charge in [0.1, 0.15) is 0 Å². The third-order valence-electron chi connectivity index (χ3n) is 2.64. The van der Waals surface area contributed by atoms with Gasteiger partial charge in [0.05, 0.1) is 4.90 Å². The molecule has 0 bridgehead atoms. The summed E-state index contributed by atoms with van der Waals surface area (Å²) in [6.45, 7) is 0.181. The number of nitrogens with two attached hydrogens (primary N) is 1. The Hall–Kier alpha value is -1.08. The normalized spacial score (nSPS) is 11.3. The van der Waals surface area contributed by atoms with E-state index in [1.165, 1.54) is 18.2 Å². The summed E-state index contributed by atoms with van der Waals surface area (Å²) in [5, 5.41) is 0.454. The van der Waals surface area contributed by atoms with Gasteiger partial charge in [-0.05, 0) is 48.0 Å². The second kappa shape index (κ2) is 6.13. The van der Waals surface area contributed by atoms with Crippen molar-refractivity contribution in [1.82, 2.24) is 0 Å². The third-order valence-corrected chi connectivity index (χ3v) is 4.92. The monoisotopic (exact) mass is 374 g/mol. The molecule has 0 aliphatic heterocycles. The van der Waals surface area contributed by atoms with E-state index >= 15 is 0 Å². The van der Waals surface area contributed by atoms with E-state index in [9.17, 15) is 8.42 Å². The van der Waals surface area contributed by atoms with Crippen LogP contribution in [0.1, 0.15) is 5.56 Å². The van der Waals surface area contributed by atoms with E-state index in [2.05, 4.69) is 20.7 Å². The smallest absolute Gasteiger partial charge is 0.261 e. The molecule has 0 unspecified atom stereocenters. The molecular weight excluding hydrogens is 364 g/mol. The number of hydrogen-bond acceptors (Lipinski definition) is 3. The maximum Gasteiger partial charge on any atom is 0.261 e. The molecule has 0 atom stereocenters. The lowest BCUT2D eigenvalue weighted by atomic mass is 10.2. The molecule has 0 saturated carbocycles. The van der Waals surface area contributed by atoms with Gasteiger partial charge in [0.2, 0.25) is 0 Å². The quantitative estimate of drug-likeness (QED) is 0.860. The molecule has 2 aromatic rings. The highest BCUT2D eigenvalue weighted by molar-refractivity contribution is 9.10. The Kier molecular flexibility index (Phi) is 4.70. The van der Waals surface area contributed by atoms with Crippen LogP contribution in [0.4, 0.5) is 5.69 Å². The Morgan fingerprint density at radius 1 is 1.15 bits per heavy atom. The summed E-state index contributed by atoms with van der Waals surface area (Å²) in [7, 11) is -3.66. The summed E-state index contributed by atoms with van der Waals surface area (Å²) in [6.07, 6.45) is 0. The van der Waals surface area contributed by atoms with Crippen LogP contribution < -0.4 is 10.5 Å². The molecular formula is C13H12BrClN2O2S. The van der Waals surface area contributed by atoms with Crippen LogP contribution in [0.2, 0.25) is 5.02 Å². The number of hydrogen-bond donors (Lipinski definition) is 2. The van der Waals surface area contributed by atoms with Gasteiger partial charge in [0.25, 0.3) is 10.0 Å². The zero-order valence-corrected chi connectivity index (χ0v) is 13.5. The van der Waals surface area contributed by atoms with Gasteiger partial charge in [-0.25, -0.2) is 8.42 Å². The minimum absolute atomic E-state index is 0.130. The van der Waals surface area contributed by atoms with Gasteiger partial charge in [0, 0.05) is 21.7 Å². The summed E-state index contributed by atoms with van der Waals surface area (Å²) < 4.78 is 27.9. The topological polar surface area (TPSA) is 72.2 Å². The van der Waals surface area contributed by atoms with Gasteiger partial charge in [-0.1, -0.05) is 27.5 Å². The molecule has 4 nitrogen and oxygen atoms in total. The first-order valence-electron chi connectivity index (χ1n) is 5.69. The van der Waals surface area contributed by atoms with Crippen LogP contribution in [-0.4, -0.2) is 8.42 Å². The van der Waals surface area contributed by atoms with E-state index < -0.39 is 10.0 Å². The van der Waals surface area contributed by atoms with Crippen LogP contribution in [0.5, 0.6) is 0 Å². The number of rotatable bonds is 4. The van der Waals surface area contributed by atoms with Crippen LogP contribution in [0.25, 0.3) is 0 Å². The Morgan fingerprint density at radius 3 is 2.40 bits per heavy atom. The van der Waals surface area contributed by atoms with Crippen molar-refractivity contribution < 1.29 is 8.42 Å². The van der Waals surface area contributed by atoms with Gasteiger partial charge < -0.3 is 5.73 Å². The van der Waals surface area contributed by atoms with E-state index in [1.54, 1.807) is 24.3 Å². The molecule has 0 fully saturated rings. The molecule has 0 aromatic heterocycles. The average molecular weight is 376 g/mol. The Balaban J connectivity index is 2.33. The maximum absolute atomic E-state index is 12.3. The lowest BCUT2D eigenvalue weighted by Gasteiger charge is -2.10. The summed E-state index contributed by atoms with van der Waals surface area (Å²) in [5.74, 6) is 0. The zero-order valence-electron chi connectivity index (χ0n) is 10.3. The third kappa shape index (κ3) is 3.52. The molecule has 20 heavy (non-hydrogen) atoms. The molecule has 0 radical (unpaired) electrons. The summed E-state index contributed by atoms with van der Waals surface area (Å²) >= 11 is 9.21. The molecule has 0 amide bonds. The second-order valence-electron chi connectivity index (χ2n) is 4.07. The second-order valence-corrected chi connectivity index (χ2v) is 7.08. The summed E-state index contributed by atoms with van der Waals surface area (Å²) in [4.78, 5) is 0.130. The van der Waals surface area contributed by atoms with Crippen LogP contribution in [-0.2, 0) is 16.6 Å². The van der Waals surface area contributed by atoms with Crippen molar-refractivity contribution in [2.45, 2.75) is 11.4 Å². The standard InChI is InChI=1S/C13H12BrClN2O2S/c14-10-1-3-11(4-2-10)17-20(18,19)12-5-6-13(15)9(7-12)8-16/h1-7,17H,8,16H2. The molecule has 2 rings (SSSR count). The van der Waals surface area contributed by atoms with Crippen LogP contribution in [0, 0.1) is 0 Å². The highest BCUT2D eigenvalue weighted by atomic mass is 79.9. The number of anilines is 1. The fraction of sp³-hybridized carbons (Fsp3) is 0.0769. The summed E-state index contributed by atoms with van der Waals surface area (Å²) in [5.41, 5.74) is 6.60. The molecule has 0 aliphatic carbocycles. The van der Waals surface area contributed by atoms with Crippen molar-refractivity contribution in [3.63, 3.8) is 0 Å². The SMILES string of the molecule is NCc1cc(S(=O)(=O)Nc2ccc(Br)cc2)ccc1Cl. The molecule has 0 heterocycles. The summed E-state index contributed by atoms with van der Waals surface area (Å²) in [6, 6.07) is 11.3. The van der Waals surface area contributed by atoms with Crippen molar-refractivity contribution in [2.75, 3.05) is 4.72 Å². The highest BCUT2D eigenvalue weighted by Crippen LogP contribution is 2.22. The first-order valence-corrected chi connectivity index (χ1v) is 8.34. The van der Waals surface area contributed by atoms with E-state index in [-0.39, 0.29) is 11.4 Å². The zero-order chi connectivity index (χ0) is 14.8. The van der Waals surface area contributed by atoms with Crippen molar-refractivity contribution in [3.05, 3.63) is 57.5 Å². The van der Waals surface area contributed by atoms with Gasteiger partial charge in [-0.2, -0.15) is 0 Å². The first kappa shape index (κ1) is 15.3. The van der Waals surface area contributed by atoms with Gasteiger partial charge in [-0.3, -0.25) is 4.72 Å². The van der Waals surface area contributed by atoms with Gasteiger partial charge in [-0.15, -0.1) is 0 Å². The van der Waals surface area contributed by atoms with Crippen molar-refractivity contribution >= 4 is 43.2 Å². The highest BCUT2D eigenvalue weighted by Gasteiger charge is 2.15. The predicted molar refractivity (Wildman–Crippen MR) is 84.3 cm³/mol. The molecule has 0 spiro atoms. The minimum Gasteiger partial charge on any atom is -0.326 e. The fourth-order valence-corrected chi connectivity index (χ4v) is 3.17. The van der Waals surface area contributed by atoms with E-state index in [4.69, 9.17) is 17.3 Å². The minimum atomic E-state index is -3.66. The van der Waals surface area contributed by atoms with Gasteiger partial charge in [0.15, 0.2) is 0 Å². The molecule has 0 saturated heterocycles. The molecule has 2 aromatic carbocycles. The number of halogens is 2. The molecule has 3 N–H and O–H groups in total. The fourth-order valence-electron chi connectivity index (χ4n) is 1.61. The molecule has 106 valence electrons. The molecule has 0 aliphatic rings. The lowest BCUT2D eigenvalue weighted by Crippen LogP contribution is -2.13. The van der Waals surface area contributed by atoms with Crippen LogP contribution in [0.3, 0.4) is 0 Å². The maximum atomic E-state index is 12.3. The lowest BCUT2D eigenvalue weighted by molar-refractivity contribution is 0.601. The number of nitrogens with one attached hydrogen (secondary N) is 1. The first-order chi connectivity index (χ1) is 9.42. The number of sulfonamides is 1. The average Bonchev–Trinajstić information content (AvgIpc) is 2.41. The van der Waals surface area contributed by atoms with Crippen molar-refractivity contribution in [3.8, 4) is 0 Å². The van der Waals surface area contributed by atoms with Gasteiger partial charge >= 0.3 is 0 Å². The Morgan fingerprint density at radius 2 is 1.80 bits per heavy atom. The van der Waals surface area contributed by atoms with E-state index in [1.807, 2.05) is 0 Å². The Labute approximate surface area is 131 Å².